The van der Waals surface area contributed by atoms with E-state index in [0.29, 0.717) is 29.7 Å². The van der Waals surface area contributed by atoms with Gasteiger partial charge in [-0.3, -0.25) is 4.79 Å². The molecule has 0 spiro atoms. The molecule has 2 aromatic carbocycles. The Kier molecular flexibility index (Phi) is 7.20. The van der Waals surface area contributed by atoms with E-state index in [1.165, 1.54) is 25.8 Å². The van der Waals surface area contributed by atoms with Gasteiger partial charge in [0.1, 0.15) is 35.5 Å². The highest BCUT2D eigenvalue weighted by molar-refractivity contribution is 5.73. The summed E-state index contributed by atoms with van der Waals surface area (Å²) in [6.45, 7) is 3.45. The summed E-state index contributed by atoms with van der Waals surface area (Å²) in [5.41, 5.74) is 0.273. The first-order valence-corrected chi connectivity index (χ1v) is 11.0. The van der Waals surface area contributed by atoms with E-state index in [9.17, 15) is 13.6 Å². The Morgan fingerprint density at radius 3 is 2.41 bits per heavy atom. The van der Waals surface area contributed by atoms with Crippen LogP contribution in [0.4, 0.5) is 8.78 Å². The van der Waals surface area contributed by atoms with Crippen molar-refractivity contribution >= 4 is 5.91 Å². The summed E-state index contributed by atoms with van der Waals surface area (Å²) in [6.07, 6.45) is 2.36. The van der Waals surface area contributed by atoms with E-state index in [4.69, 9.17) is 14.2 Å². The van der Waals surface area contributed by atoms with Crippen LogP contribution in [0.15, 0.2) is 48.5 Å². The van der Waals surface area contributed by atoms with Crippen LogP contribution in [-0.2, 0) is 11.4 Å². The number of ether oxygens (including phenoxy) is 3. The quantitative estimate of drug-likeness (QED) is 0.444. The molecule has 3 aromatic rings. The maximum atomic E-state index is 14.6. The Bertz CT molecular complexity index is 1130. The Labute approximate surface area is 196 Å². The molecule has 1 atom stereocenters. The molecule has 1 heterocycles. The van der Waals surface area contributed by atoms with Gasteiger partial charge in [-0.1, -0.05) is 6.07 Å². The van der Waals surface area contributed by atoms with Gasteiger partial charge in [0, 0.05) is 31.2 Å². The first-order chi connectivity index (χ1) is 16.4. The Balaban J connectivity index is 1.37. The van der Waals surface area contributed by atoms with Crippen molar-refractivity contribution in [1.29, 1.82) is 0 Å². The van der Waals surface area contributed by atoms with E-state index in [-0.39, 0.29) is 35.7 Å². The maximum Gasteiger partial charge on any atom is 0.233 e. The number of amides is 1. The number of rotatable bonds is 10. The minimum atomic E-state index is -0.806. The highest BCUT2D eigenvalue weighted by Crippen LogP contribution is 2.32. The highest BCUT2D eigenvalue weighted by atomic mass is 19.1. The Hall–Kier alpha value is -3.75. The largest absolute Gasteiger partial charge is 0.493 e. The third kappa shape index (κ3) is 6.40. The summed E-state index contributed by atoms with van der Waals surface area (Å²) < 4.78 is 45.9. The molecule has 178 valence electrons. The zero-order chi connectivity index (χ0) is 24.1. The number of aromatic nitrogens is 2. The molecule has 1 amide bonds. The fourth-order valence-corrected chi connectivity index (χ4v) is 3.20. The van der Waals surface area contributed by atoms with Crippen molar-refractivity contribution in [2.75, 3.05) is 6.61 Å². The molecule has 9 heteroatoms. The molecule has 1 N–H and O–H groups in total. The van der Waals surface area contributed by atoms with Crippen LogP contribution in [0.1, 0.15) is 44.0 Å². The number of hydrogen-bond acceptors (Lipinski definition) is 6. The van der Waals surface area contributed by atoms with Crippen molar-refractivity contribution in [2.24, 2.45) is 5.92 Å². The van der Waals surface area contributed by atoms with E-state index in [1.807, 2.05) is 6.07 Å². The maximum absolute atomic E-state index is 14.6. The van der Waals surface area contributed by atoms with Crippen LogP contribution >= 0.6 is 0 Å². The van der Waals surface area contributed by atoms with Crippen LogP contribution in [0.25, 0.3) is 0 Å². The number of nitrogens with one attached hydrogen (secondary N) is 1. The normalized spacial score (nSPS) is 13.8. The van der Waals surface area contributed by atoms with Crippen LogP contribution in [0.2, 0.25) is 0 Å². The fourth-order valence-electron chi connectivity index (χ4n) is 3.20. The van der Waals surface area contributed by atoms with Gasteiger partial charge in [-0.25, -0.2) is 8.78 Å². The molecule has 4 rings (SSSR count). The molecule has 1 aliphatic rings. The van der Waals surface area contributed by atoms with Crippen molar-refractivity contribution in [3.8, 4) is 23.1 Å². The van der Waals surface area contributed by atoms with Crippen LogP contribution in [0.5, 0.6) is 23.1 Å². The van der Waals surface area contributed by atoms with Crippen LogP contribution in [0, 0.1) is 17.6 Å². The lowest BCUT2D eigenvalue weighted by Crippen LogP contribution is -2.24. The van der Waals surface area contributed by atoms with Crippen molar-refractivity contribution in [3.63, 3.8) is 0 Å². The number of hydrogen-bond donors (Lipinski definition) is 1. The molecular formula is C25H25F2N3O4. The van der Waals surface area contributed by atoms with Crippen molar-refractivity contribution in [1.82, 2.24) is 15.5 Å². The first kappa shape index (κ1) is 23.4. The van der Waals surface area contributed by atoms with Crippen LogP contribution < -0.4 is 19.5 Å². The highest BCUT2D eigenvalue weighted by Gasteiger charge is 2.22. The average molecular weight is 469 g/mol. The second kappa shape index (κ2) is 10.5. The average Bonchev–Trinajstić information content (AvgIpc) is 3.62. The lowest BCUT2D eigenvalue weighted by Gasteiger charge is -2.13. The van der Waals surface area contributed by atoms with E-state index in [2.05, 4.69) is 15.5 Å². The molecule has 0 saturated heterocycles. The predicted octanol–water partition coefficient (Wildman–Crippen LogP) is 5.11. The van der Waals surface area contributed by atoms with Crippen molar-refractivity contribution in [3.05, 3.63) is 71.4 Å². The molecule has 1 unspecified atom stereocenters. The predicted molar refractivity (Wildman–Crippen MR) is 120 cm³/mol. The molecule has 34 heavy (non-hydrogen) atoms. The number of nitrogens with zero attached hydrogens (tertiary/aromatic N) is 2. The van der Waals surface area contributed by atoms with Gasteiger partial charge in [0.05, 0.1) is 23.9 Å². The number of benzene rings is 2. The van der Waals surface area contributed by atoms with E-state index >= 15 is 0 Å². The van der Waals surface area contributed by atoms with Gasteiger partial charge in [0.25, 0.3) is 0 Å². The Morgan fingerprint density at radius 2 is 1.76 bits per heavy atom. The molecular weight excluding hydrogens is 444 g/mol. The lowest BCUT2D eigenvalue weighted by molar-refractivity contribution is -0.119. The second-order valence-electron chi connectivity index (χ2n) is 8.20. The van der Waals surface area contributed by atoms with Crippen molar-refractivity contribution < 1.29 is 27.8 Å². The van der Waals surface area contributed by atoms with Gasteiger partial charge in [-0.2, -0.15) is 0 Å². The summed E-state index contributed by atoms with van der Waals surface area (Å²) >= 11 is 0. The zero-order valence-corrected chi connectivity index (χ0v) is 18.9. The molecule has 1 fully saturated rings. The zero-order valence-electron chi connectivity index (χ0n) is 18.9. The summed E-state index contributed by atoms with van der Waals surface area (Å²) in [4.78, 5) is 11.1. The molecule has 0 bridgehead atoms. The van der Waals surface area contributed by atoms with E-state index in [1.54, 1.807) is 31.2 Å². The topological polar surface area (TPSA) is 82.6 Å². The molecule has 0 aliphatic heterocycles. The van der Waals surface area contributed by atoms with Gasteiger partial charge in [-0.05, 0) is 43.9 Å². The van der Waals surface area contributed by atoms with Gasteiger partial charge in [0.15, 0.2) is 0 Å². The summed E-state index contributed by atoms with van der Waals surface area (Å²) in [6, 6.07) is 12.0. The van der Waals surface area contributed by atoms with Crippen LogP contribution in [0.3, 0.4) is 0 Å². The minimum Gasteiger partial charge on any atom is -0.493 e. The standard InChI is InChI=1S/C25H25F2N3O4/c1-15(28-16(2)31)24-8-9-25(30-29-24)33-14-21-22(26)11-20(12-23(21)27)34-19-5-3-4-18(10-19)32-13-17-6-7-17/h3-5,8-12,15,17H,6-7,13-14H2,1-2H3,(H,28,31). The third-order valence-electron chi connectivity index (χ3n) is 5.23. The smallest absolute Gasteiger partial charge is 0.233 e. The molecule has 1 aromatic heterocycles. The number of halogens is 2. The fraction of sp³-hybridized carbons (Fsp3) is 0.320. The van der Waals surface area contributed by atoms with Gasteiger partial charge in [0.2, 0.25) is 11.8 Å². The third-order valence-corrected chi connectivity index (χ3v) is 5.23. The summed E-state index contributed by atoms with van der Waals surface area (Å²) in [7, 11) is 0. The molecule has 1 saturated carbocycles. The van der Waals surface area contributed by atoms with Gasteiger partial charge in [-0.15, -0.1) is 10.2 Å². The minimum absolute atomic E-state index is 0.0224. The lowest BCUT2D eigenvalue weighted by atomic mass is 10.2. The molecule has 7 nitrogen and oxygen atoms in total. The van der Waals surface area contributed by atoms with Gasteiger partial charge >= 0.3 is 0 Å². The van der Waals surface area contributed by atoms with E-state index < -0.39 is 11.6 Å². The number of carbonyl (C=O) groups excluding carboxylic acids is 1. The first-order valence-electron chi connectivity index (χ1n) is 11.0. The SMILES string of the molecule is CC(=O)NC(C)c1ccc(OCc2c(F)cc(Oc3cccc(OCC4CC4)c3)cc2F)nn1. The monoisotopic (exact) mass is 469 g/mol. The van der Waals surface area contributed by atoms with Crippen molar-refractivity contribution in [2.45, 2.75) is 39.3 Å². The molecule has 1 aliphatic carbocycles. The number of carbonyl (C=O) groups is 1. The second-order valence-corrected chi connectivity index (χ2v) is 8.20. The molecule has 0 radical (unpaired) electrons. The van der Waals surface area contributed by atoms with Crippen LogP contribution in [-0.4, -0.2) is 22.7 Å². The Morgan fingerprint density at radius 1 is 1.03 bits per heavy atom. The summed E-state index contributed by atoms with van der Waals surface area (Å²) in [5.74, 6) is -0.00890. The summed E-state index contributed by atoms with van der Waals surface area (Å²) in [5, 5.41) is 10.6. The van der Waals surface area contributed by atoms with Gasteiger partial charge < -0.3 is 19.5 Å². The van der Waals surface area contributed by atoms with E-state index in [0.717, 1.165) is 12.1 Å².